The van der Waals surface area contributed by atoms with Crippen molar-refractivity contribution in [2.45, 2.75) is 13.0 Å². The third kappa shape index (κ3) is 1.71. The number of nitriles is 1. The summed E-state index contributed by atoms with van der Waals surface area (Å²) < 4.78 is 7.60. The van der Waals surface area contributed by atoms with Gasteiger partial charge in [0.1, 0.15) is 11.6 Å². The Morgan fingerprint density at radius 2 is 2.37 bits per heavy atom. The minimum atomic E-state index is 0.595. The molecule has 0 aliphatic carbocycles. The van der Waals surface area contributed by atoms with Gasteiger partial charge >= 0.3 is 0 Å². The molecule has 2 aromatic rings. The maximum absolute atomic E-state index is 9.37. The molecule has 0 bridgehead atoms. The van der Waals surface area contributed by atoms with Crippen molar-refractivity contribution in [3.8, 4) is 23.1 Å². The first-order valence-electron chi connectivity index (χ1n) is 6.14. The van der Waals surface area contributed by atoms with E-state index in [1.165, 1.54) is 0 Å². The summed E-state index contributed by atoms with van der Waals surface area (Å²) in [5, 5.41) is 9.37. The quantitative estimate of drug-likeness (QED) is 0.824. The van der Waals surface area contributed by atoms with E-state index in [9.17, 15) is 5.26 Å². The maximum Gasteiger partial charge on any atom is 0.163 e. The minimum Gasteiger partial charge on any atom is -0.493 e. The SMILES string of the molecule is COc1c(C#N)c2n(c1-c1cccnc1)CCC=C2. The van der Waals surface area contributed by atoms with E-state index in [0.29, 0.717) is 11.3 Å². The molecular weight excluding hydrogens is 238 g/mol. The Labute approximate surface area is 111 Å². The van der Waals surface area contributed by atoms with Crippen molar-refractivity contribution < 1.29 is 4.74 Å². The van der Waals surface area contributed by atoms with Crippen LogP contribution in [0.2, 0.25) is 0 Å². The first kappa shape index (κ1) is 11.5. The van der Waals surface area contributed by atoms with Crippen LogP contribution in [0.25, 0.3) is 17.3 Å². The van der Waals surface area contributed by atoms with Gasteiger partial charge in [0, 0.05) is 24.5 Å². The maximum atomic E-state index is 9.37. The van der Waals surface area contributed by atoms with Crippen LogP contribution in [0.3, 0.4) is 0 Å². The number of hydrogen-bond acceptors (Lipinski definition) is 3. The third-order valence-electron chi connectivity index (χ3n) is 3.30. The summed E-state index contributed by atoms with van der Waals surface area (Å²) >= 11 is 0. The van der Waals surface area contributed by atoms with Gasteiger partial charge in [0.2, 0.25) is 0 Å². The molecule has 19 heavy (non-hydrogen) atoms. The number of pyridine rings is 1. The number of ether oxygens (including phenoxy) is 1. The van der Waals surface area contributed by atoms with Crippen LogP contribution in [0.5, 0.6) is 5.75 Å². The minimum absolute atomic E-state index is 0.595. The van der Waals surface area contributed by atoms with Crippen molar-refractivity contribution in [2.75, 3.05) is 7.11 Å². The Bertz CT molecular complexity index is 678. The van der Waals surface area contributed by atoms with Gasteiger partial charge < -0.3 is 9.30 Å². The normalized spacial score (nSPS) is 12.8. The lowest BCUT2D eigenvalue weighted by molar-refractivity contribution is 0.414. The van der Waals surface area contributed by atoms with Gasteiger partial charge in [-0.25, -0.2) is 0 Å². The van der Waals surface area contributed by atoms with Gasteiger partial charge in [0.15, 0.2) is 5.75 Å². The fourth-order valence-corrected chi connectivity index (χ4v) is 2.51. The molecule has 3 heterocycles. The second-order valence-electron chi connectivity index (χ2n) is 4.34. The van der Waals surface area contributed by atoms with Crippen molar-refractivity contribution in [1.82, 2.24) is 9.55 Å². The molecule has 0 amide bonds. The van der Waals surface area contributed by atoms with Gasteiger partial charge in [-0.2, -0.15) is 5.26 Å². The molecule has 0 saturated carbocycles. The largest absolute Gasteiger partial charge is 0.493 e. The standard InChI is InChI=1S/C15H13N3O/c1-19-15-12(9-16)13-6-2-3-8-18(13)14(15)11-5-4-7-17-10-11/h2,4-7,10H,3,8H2,1H3. The monoisotopic (exact) mass is 251 g/mol. The van der Waals surface area contributed by atoms with Crippen LogP contribution < -0.4 is 4.74 Å². The van der Waals surface area contributed by atoms with Crippen molar-refractivity contribution in [2.24, 2.45) is 0 Å². The van der Waals surface area contributed by atoms with E-state index in [1.54, 1.807) is 19.5 Å². The van der Waals surface area contributed by atoms with E-state index < -0.39 is 0 Å². The van der Waals surface area contributed by atoms with E-state index in [-0.39, 0.29) is 0 Å². The third-order valence-corrected chi connectivity index (χ3v) is 3.30. The first-order valence-corrected chi connectivity index (χ1v) is 6.14. The molecule has 0 N–H and O–H groups in total. The zero-order valence-corrected chi connectivity index (χ0v) is 10.6. The molecule has 0 spiro atoms. The van der Waals surface area contributed by atoms with E-state index in [2.05, 4.69) is 21.7 Å². The summed E-state index contributed by atoms with van der Waals surface area (Å²) in [5.74, 6) is 0.636. The van der Waals surface area contributed by atoms with Crippen molar-refractivity contribution in [1.29, 1.82) is 5.26 Å². The molecule has 94 valence electrons. The topological polar surface area (TPSA) is 50.8 Å². The van der Waals surface area contributed by atoms with Crippen LogP contribution in [-0.4, -0.2) is 16.7 Å². The number of allylic oxidation sites excluding steroid dienone is 1. The molecule has 0 unspecified atom stereocenters. The lowest BCUT2D eigenvalue weighted by Crippen LogP contribution is -2.05. The molecule has 0 saturated heterocycles. The summed E-state index contributed by atoms with van der Waals surface area (Å²) in [6.45, 7) is 0.855. The molecule has 3 rings (SSSR count). The van der Waals surface area contributed by atoms with Crippen LogP contribution in [-0.2, 0) is 6.54 Å². The number of hydrogen-bond donors (Lipinski definition) is 0. The second kappa shape index (κ2) is 4.62. The van der Waals surface area contributed by atoms with Gasteiger partial charge in [0.25, 0.3) is 0 Å². The zero-order chi connectivity index (χ0) is 13.2. The average Bonchev–Trinajstić information content (AvgIpc) is 2.81. The number of nitrogens with zero attached hydrogens (tertiary/aromatic N) is 3. The molecule has 4 heteroatoms. The van der Waals surface area contributed by atoms with E-state index in [0.717, 1.165) is 29.9 Å². The molecule has 0 fully saturated rings. The van der Waals surface area contributed by atoms with E-state index >= 15 is 0 Å². The molecule has 2 aromatic heterocycles. The molecule has 1 aliphatic heterocycles. The van der Waals surface area contributed by atoms with Gasteiger partial charge in [-0.15, -0.1) is 0 Å². The summed E-state index contributed by atoms with van der Waals surface area (Å²) in [5.41, 5.74) is 3.42. The Balaban J connectivity index is 2.33. The number of aromatic nitrogens is 2. The van der Waals surface area contributed by atoms with Gasteiger partial charge in [-0.1, -0.05) is 6.08 Å². The van der Waals surface area contributed by atoms with Crippen LogP contribution in [0.1, 0.15) is 17.7 Å². The first-order chi connectivity index (χ1) is 9.36. The summed E-state index contributed by atoms with van der Waals surface area (Å²) in [4.78, 5) is 4.15. The molecule has 4 nitrogen and oxygen atoms in total. The fourth-order valence-electron chi connectivity index (χ4n) is 2.51. The van der Waals surface area contributed by atoms with Crippen LogP contribution in [0.4, 0.5) is 0 Å². The van der Waals surface area contributed by atoms with Crippen LogP contribution >= 0.6 is 0 Å². The zero-order valence-electron chi connectivity index (χ0n) is 10.6. The van der Waals surface area contributed by atoms with Crippen LogP contribution in [0.15, 0.2) is 30.6 Å². The van der Waals surface area contributed by atoms with Gasteiger partial charge in [0.05, 0.1) is 18.5 Å². The predicted molar refractivity (Wildman–Crippen MR) is 72.6 cm³/mol. The molecule has 1 aliphatic rings. The Hall–Kier alpha value is -2.54. The van der Waals surface area contributed by atoms with Gasteiger partial charge in [-0.3, -0.25) is 4.98 Å². The highest BCUT2D eigenvalue weighted by molar-refractivity contribution is 5.77. The van der Waals surface area contributed by atoms with Crippen molar-refractivity contribution in [3.05, 3.63) is 41.9 Å². The smallest absolute Gasteiger partial charge is 0.163 e. The summed E-state index contributed by atoms with van der Waals surface area (Å²) in [6, 6.07) is 6.12. The highest BCUT2D eigenvalue weighted by atomic mass is 16.5. The number of rotatable bonds is 2. The lowest BCUT2D eigenvalue weighted by Gasteiger charge is -2.14. The highest BCUT2D eigenvalue weighted by Crippen LogP contribution is 2.39. The predicted octanol–water partition coefficient (Wildman–Crippen LogP) is 2.85. The second-order valence-corrected chi connectivity index (χ2v) is 4.34. The molecule has 0 atom stereocenters. The van der Waals surface area contributed by atoms with Crippen LogP contribution in [0, 0.1) is 11.3 Å². The van der Waals surface area contributed by atoms with Gasteiger partial charge in [-0.05, 0) is 24.6 Å². The number of fused-ring (bicyclic) bond motifs is 1. The average molecular weight is 251 g/mol. The number of methoxy groups -OCH3 is 1. The Morgan fingerprint density at radius 3 is 3.05 bits per heavy atom. The highest BCUT2D eigenvalue weighted by Gasteiger charge is 2.24. The van der Waals surface area contributed by atoms with Crippen molar-refractivity contribution >= 4 is 6.08 Å². The molecule has 0 aromatic carbocycles. The fraction of sp³-hybridized carbons (Fsp3) is 0.200. The van der Waals surface area contributed by atoms with E-state index in [1.807, 2.05) is 18.2 Å². The Kier molecular flexibility index (Phi) is 2.81. The summed E-state index contributed by atoms with van der Waals surface area (Å²) in [7, 11) is 1.60. The van der Waals surface area contributed by atoms with Crippen molar-refractivity contribution in [3.63, 3.8) is 0 Å². The Morgan fingerprint density at radius 1 is 1.47 bits per heavy atom. The molecule has 0 radical (unpaired) electrons. The molecular formula is C15H13N3O. The summed E-state index contributed by atoms with van der Waals surface area (Å²) in [6.07, 6.45) is 8.57. The van der Waals surface area contributed by atoms with E-state index in [4.69, 9.17) is 4.74 Å². The lowest BCUT2D eigenvalue weighted by atomic mass is 10.1.